The van der Waals surface area contributed by atoms with Crippen molar-refractivity contribution in [2.75, 3.05) is 20.3 Å². The van der Waals surface area contributed by atoms with Crippen molar-refractivity contribution >= 4 is 45.9 Å². The third-order valence-corrected chi connectivity index (χ3v) is 8.09. The number of benzene rings is 2. The summed E-state index contributed by atoms with van der Waals surface area (Å²) in [6, 6.07) is 4.95. The summed E-state index contributed by atoms with van der Waals surface area (Å²) in [5, 5.41) is 15.9. The van der Waals surface area contributed by atoms with Gasteiger partial charge in [-0.3, -0.25) is 9.59 Å². The minimum atomic E-state index is -5.50. The first-order valence-corrected chi connectivity index (χ1v) is 13.7. The fourth-order valence-corrected chi connectivity index (χ4v) is 5.33. The van der Waals surface area contributed by atoms with Crippen LogP contribution >= 0.6 is 23.2 Å². The van der Waals surface area contributed by atoms with Gasteiger partial charge in [-0.15, -0.1) is 0 Å². The maximum Gasteiger partial charge on any atom is 0.424 e. The Balaban J connectivity index is 1.61. The number of carbonyl (C=O) groups excluding carboxylic acids is 2. The number of nitrogens with two attached hydrogens (primary N) is 1. The molecular formula is C28H21Cl2F6N5O5. The SMILES string of the molecule is COc1cc(C(=O)NC[C@](O)(c2cc3c(c(-c4cc(Cl)c(F)c(Cl)c4)n2)OC[C@]3(C)C(N)=O)C(F)(F)F)cc2cn(C(F)F)nc12. The van der Waals surface area contributed by atoms with Gasteiger partial charge < -0.3 is 25.6 Å². The molecule has 0 aliphatic carbocycles. The molecule has 1 aliphatic heterocycles. The highest BCUT2D eigenvalue weighted by Crippen LogP contribution is 2.48. The smallest absolute Gasteiger partial charge is 0.424 e. The van der Waals surface area contributed by atoms with Crippen LogP contribution in [-0.2, 0) is 15.8 Å². The summed E-state index contributed by atoms with van der Waals surface area (Å²) in [5.74, 6) is -3.47. The van der Waals surface area contributed by atoms with Crippen molar-refractivity contribution in [2.45, 2.75) is 30.7 Å². The number of amides is 2. The lowest BCUT2D eigenvalue weighted by molar-refractivity contribution is -0.265. The zero-order chi connectivity index (χ0) is 33.9. The molecular weight excluding hydrogens is 671 g/mol. The summed E-state index contributed by atoms with van der Waals surface area (Å²) >= 11 is 11.8. The number of pyridine rings is 1. The van der Waals surface area contributed by atoms with Gasteiger partial charge in [-0.2, -0.15) is 27.1 Å². The number of fused-ring (bicyclic) bond motifs is 2. The highest BCUT2D eigenvalue weighted by molar-refractivity contribution is 6.35. The van der Waals surface area contributed by atoms with Crippen LogP contribution in [0.25, 0.3) is 22.2 Å². The number of aliphatic hydroxyl groups is 1. The number of hydrogen-bond acceptors (Lipinski definition) is 7. The molecule has 0 saturated heterocycles. The van der Waals surface area contributed by atoms with E-state index in [1.807, 2.05) is 5.32 Å². The number of aromatic nitrogens is 3. The van der Waals surface area contributed by atoms with Crippen LogP contribution in [0.4, 0.5) is 26.3 Å². The first kappa shape index (κ1) is 33.1. The van der Waals surface area contributed by atoms with Crippen LogP contribution < -0.4 is 20.5 Å². The minimum Gasteiger partial charge on any atom is -0.494 e. The number of carbonyl (C=O) groups is 2. The molecule has 0 bridgehead atoms. The van der Waals surface area contributed by atoms with Crippen LogP contribution in [0.2, 0.25) is 10.0 Å². The number of primary amides is 1. The van der Waals surface area contributed by atoms with Crippen molar-refractivity contribution in [3.05, 3.63) is 69.2 Å². The van der Waals surface area contributed by atoms with Crippen LogP contribution in [0.5, 0.6) is 11.5 Å². The summed E-state index contributed by atoms with van der Waals surface area (Å²) in [4.78, 5) is 29.5. The summed E-state index contributed by atoms with van der Waals surface area (Å²) < 4.78 is 95.7. The van der Waals surface area contributed by atoms with E-state index in [1.54, 1.807) is 0 Å². The molecule has 4 N–H and O–H groups in total. The van der Waals surface area contributed by atoms with E-state index in [9.17, 15) is 41.0 Å². The summed E-state index contributed by atoms with van der Waals surface area (Å²) in [6.07, 6.45) is -4.59. The van der Waals surface area contributed by atoms with Gasteiger partial charge in [0.1, 0.15) is 34.7 Å². The number of nitrogens with one attached hydrogen (secondary N) is 1. The molecule has 2 amide bonds. The molecule has 0 spiro atoms. The Hall–Kier alpha value is -4.28. The van der Waals surface area contributed by atoms with E-state index in [1.165, 1.54) is 14.0 Å². The van der Waals surface area contributed by atoms with Crippen molar-refractivity contribution in [2.24, 2.45) is 5.73 Å². The Labute approximate surface area is 265 Å². The highest BCUT2D eigenvalue weighted by atomic mass is 35.5. The van der Waals surface area contributed by atoms with E-state index in [-0.39, 0.29) is 44.8 Å². The molecule has 46 heavy (non-hydrogen) atoms. The second kappa shape index (κ2) is 11.5. The van der Waals surface area contributed by atoms with Gasteiger partial charge in [0.15, 0.2) is 5.82 Å². The molecule has 1 aliphatic rings. The van der Waals surface area contributed by atoms with Gasteiger partial charge >= 0.3 is 12.7 Å². The molecule has 0 fully saturated rings. The monoisotopic (exact) mass is 691 g/mol. The Bertz CT molecular complexity index is 1880. The molecule has 5 rings (SSSR count). The third kappa shape index (κ3) is 5.43. The fraction of sp³-hybridized carbons (Fsp3) is 0.286. The second-order valence-electron chi connectivity index (χ2n) is 10.5. The van der Waals surface area contributed by atoms with Crippen LogP contribution in [0.1, 0.15) is 35.1 Å². The first-order valence-electron chi connectivity index (χ1n) is 13.0. The van der Waals surface area contributed by atoms with Gasteiger partial charge in [0, 0.05) is 28.3 Å². The van der Waals surface area contributed by atoms with Crippen molar-refractivity contribution < 1.29 is 50.5 Å². The zero-order valence-corrected chi connectivity index (χ0v) is 25.0. The summed E-state index contributed by atoms with van der Waals surface area (Å²) in [7, 11) is 1.17. The Kier molecular flexibility index (Phi) is 8.28. The minimum absolute atomic E-state index is 0.0168. The number of methoxy groups -OCH3 is 1. The second-order valence-corrected chi connectivity index (χ2v) is 11.3. The van der Waals surface area contributed by atoms with Crippen LogP contribution in [0.3, 0.4) is 0 Å². The average molecular weight is 692 g/mol. The van der Waals surface area contributed by atoms with Crippen molar-refractivity contribution in [3.8, 4) is 22.8 Å². The summed E-state index contributed by atoms with van der Waals surface area (Å²) in [6.45, 7) is -3.65. The predicted molar refractivity (Wildman–Crippen MR) is 152 cm³/mol. The van der Waals surface area contributed by atoms with Gasteiger partial charge in [0.25, 0.3) is 5.91 Å². The fourth-order valence-electron chi connectivity index (χ4n) is 4.84. The number of nitrogens with zero attached hydrogens (tertiary/aromatic N) is 3. The van der Waals surface area contributed by atoms with Crippen LogP contribution in [0, 0.1) is 5.82 Å². The predicted octanol–water partition coefficient (Wildman–Crippen LogP) is 5.26. The number of alkyl halides is 5. The molecule has 18 heteroatoms. The quantitative estimate of drug-likeness (QED) is 0.169. The zero-order valence-electron chi connectivity index (χ0n) is 23.5. The highest BCUT2D eigenvalue weighted by Gasteiger charge is 2.57. The van der Waals surface area contributed by atoms with Crippen LogP contribution in [-0.4, -0.2) is 58.1 Å². The topological polar surface area (TPSA) is 142 Å². The Morgan fingerprint density at radius 2 is 1.85 bits per heavy atom. The van der Waals surface area contributed by atoms with E-state index < -0.39 is 70.3 Å². The number of rotatable bonds is 8. The first-order chi connectivity index (χ1) is 21.4. The van der Waals surface area contributed by atoms with E-state index in [2.05, 4.69) is 10.1 Å². The van der Waals surface area contributed by atoms with E-state index >= 15 is 0 Å². The van der Waals surface area contributed by atoms with E-state index in [0.29, 0.717) is 4.68 Å². The number of halogens is 8. The molecule has 3 heterocycles. The molecule has 2 aromatic carbocycles. The maximum absolute atomic E-state index is 14.7. The number of hydrogen-bond donors (Lipinski definition) is 3. The van der Waals surface area contributed by atoms with Crippen molar-refractivity contribution in [1.82, 2.24) is 20.1 Å². The van der Waals surface area contributed by atoms with E-state index in [0.717, 1.165) is 36.5 Å². The molecule has 0 radical (unpaired) electrons. The lowest BCUT2D eigenvalue weighted by Crippen LogP contribution is -2.51. The van der Waals surface area contributed by atoms with Crippen molar-refractivity contribution in [3.63, 3.8) is 0 Å². The molecule has 0 saturated carbocycles. The molecule has 2 aromatic heterocycles. The average Bonchev–Trinajstić information content (AvgIpc) is 3.59. The molecule has 0 unspecified atom stereocenters. The lowest BCUT2D eigenvalue weighted by atomic mass is 9.81. The largest absolute Gasteiger partial charge is 0.494 e. The molecule has 4 aromatic rings. The standard InChI is InChI=1S/C28H21Cl2F6N5O5/c1-26(24(37)43)10-46-22-14(26)7-18(39-21(22)11-4-15(29)19(31)16(30)5-11)27(44,28(34,35)36)9-38-23(42)12-3-13-8-41(25(32)33)40-20(13)17(6-12)45-2/h3-8,25,44H,9-10H2,1-2H3,(H2,37,43)(H,38,42)/t26-,27-/m0/s1. The third-order valence-electron chi connectivity index (χ3n) is 7.54. The van der Waals surface area contributed by atoms with Crippen molar-refractivity contribution in [1.29, 1.82) is 0 Å². The maximum atomic E-state index is 14.7. The van der Waals surface area contributed by atoms with E-state index in [4.69, 9.17) is 38.4 Å². The van der Waals surface area contributed by atoms with Crippen LogP contribution in [0.15, 0.2) is 36.5 Å². The lowest BCUT2D eigenvalue weighted by Gasteiger charge is -2.31. The molecule has 244 valence electrons. The number of ether oxygens (including phenoxy) is 2. The summed E-state index contributed by atoms with van der Waals surface area (Å²) in [5.41, 5.74) is -2.17. The van der Waals surface area contributed by atoms with Gasteiger partial charge in [-0.05, 0) is 37.3 Å². The van der Waals surface area contributed by atoms with Gasteiger partial charge in [-0.1, -0.05) is 23.2 Å². The molecule has 2 atom stereocenters. The normalized spacial score (nSPS) is 17.5. The van der Waals surface area contributed by atoms with Gasteiger partial charge in [-0.25, -0.2) is 14.1 Å². The Morgan fingerprint density at radius 3 is 2.41 bits per heavy atom. The van der Waals surface area contributed by atoms with Gasteiger partial charge in [0.05, 0.1) is 29.4 Å². The molecule has 10 nitrogen and oxygen atoms in total. The van der Waals surface area contributed by atoms with Gasteiger partial charge in [0.2, 0.25) is 11.5 Å². The Morgan fingerprint density at radius 1 is 1.20 bits per heavy atom.